The van der Waals surface area contributed by atoms with Gasteiger partial charge in [0, 0.05) is 6.54 Å². The molecule has 0 spiro atoms. The van der Waals surface area contributed by atoms with Crippen LogP contribution in [-0.4, -0.2) is 37.4 Å². The summed E-state index contributed by atoms with van der Waals surface area (Å²) >= 11 is 0. The minimum absolute atomic E-state index is 0.170. The van der Waals surface area contributed by atoms with Gasteiger partial charge in [-0.3, -0.25) is 0 Å². The molecule has 1 atom stereocenters. The van der Waals surface area contributed by atoms with Gasteiger partial charge >= 0.3 is 5.97 Å². The van der Waals surface area contributed by atoms with Crippen LogP contribution in [0.25, 0.3) is 0 Å². The highest BCUT2D eigenvalue weighted by atomic mass is 16.5. The molecule has 1 heterocycles. The van der Waals surface area contributed by atoms with Crippen molar-refractivity contribution < 1.29 is 14.6 Å². The third kappa shape index (κ3) is 3.69. The molecule has 1 rings (SSSR count). The lowest BCUT2D eigenvalue weighted by Crippen LogP contribution is -2.32. The third-order valence-corrected chi connectivity index (χ3v) is 1.98. The van der Waals surface area contributed by atoms with E-state index >= 15 is 0 Å². The van der Waals surface area contributed by atoms with Gasteiger partial charge < -0.3 is 15.2 Å². The fourth-order valence-corrected chi connectivity index (χ4v) is 1.38. The third-order valence-electron chi connectivity index (χ3n) is 1.98. The molecule has 1 fully saturated rings. The lowest BCUT2D eigenvalue weighted by atomic mass is 10.0. The highest BCUT2D eigenvalue weighted by molar-refractivity contribution is 5.67. The minimum Gasteiger partial charge on any atom is -0.480 e. The number of ether oxygens (including phenoxy) is 1. The summed E-state index contributed by atoms with van der Waals surface area (Å²) in [6.07, 6.45) is 2.31. The number of carboxylic acids is 1. The molecule has 1 saturated heterocycles. The van der Waals surface area contributed by atoms with E-state index in [2.05, 4.69) is 5.32 Å². The van der Waals surface area contributed by atoms with Crippen LogP contribution in [0.2, 0.25) is 0 Å². The Balaban J connectivity index is 2.01. The van der Waals surface area contributed by atoms with Crippen molar-refractivity contribution in [1.82, 2.24) is 5.32 Å². The summed E-state index contributed by atoms with van der Waals surface area (Å²) in [4.78, 5) is 10.1. The summed E-state index contributed by atoms with van der Waals surface area (Å²) in [6.45, 7) is 2.44. The maximum Gasteiger partial charge on any atom is 0.329 e. The summed E-state index contributed by atoms with van der Waals surface area (Å²) in [5.41, 5.74) is 0. The van der Waals surface area contributed by atoms with Gasteiger partial charge in [0.25, 0.3) is 0 Å². The van der Waals surface area contributed by atoms with Gasteiger partial charge in [-0.2, -0.15) is 0 Å². The molecule has 0 saturated carbocycles. The Labute approximate surface area is 71.9 Å². The summed E-state index contributed by atoms with van der Waals surface area (Å²) in [5.74, 6) is -0.392. The quantitative estimate of drug-likeness (QED) is 0.632. The van der Waals surface area contributed by atoms with E-state index in [9.17, 15) is 4.79 Å². The highest BCUT2D eigenvalue weighted by Gasteiger charge is 2.12. The molecule has 0 aliphatic carbocycles. The number of rotatable bonds is 4. The number of nitrogens with one attached hydrogen (secondary N) is 1. The van der Waals surface area contributed by atoms with E-state index < -0.39 is 5.97 Å². The van der Waals surface area contributed by atoms with Crippen molar-refractivity contribution >= 4 is 5.97 Å². The SMILES string of the molecule is O=C(O)COCC1CCCNC1. The van der Waals surface area contributed by atoms with Crippen LogP contribution >= 0.6 is 0 Å². The van der Waals surface area contributed by atoms with E-state index in [-0.39, 0.29) is 6.61 Å². The molecule has 70 valence electrons. The first-order valence-corrected chi connectivity index (χ1v) is 4.29. The molecule has 4 heteroatoms. The van der Waals surface area contributed by atoms with Crippen LogP contribution in [0.5, 0.6) is 0 Å². The van der Waals surface area contributed by atoms with Crippen molar-refractivity contribution in [3.8, 4) is 0 Å². The second-order valence-corrected chi connectivity index (χ2v) is 3.12. The Morgan fingerprint density at radius 2 is 2.50 bits per heavy atom. The van der Waals surface area contributed by atoms with Crippen LogP contribution in [0.4, 0.5) is 0 Å². The van der Waals surface area contributed by atoms with Gasteiger partial charge in [0.15, 0.2) is 0 Å². The molecule has 0 aromatic heterocycles. The van der Waals surface area contributed by atoms with Crippen LogP contribution in [0.3, 0.4) is 0 Å². The number of aliphatic carboxylic acids is 1. The maximum atomic E-state index is 10.1. The van der Waals surface area contributed by atoms with Crippen LogP contribution in [0, 0.1) is 5.92 Å². The van der Waals surface area contributed by atoms with E-state index in [0.29, 0.717) is 12.5 Å². The Morgan fingerprint density at radius 3 is 3.08 bits per heavy atom. The van der Waals surface area contributed by atoms with E-state index in [1.165, 1.54) is 6.42 Å². The Morgan fingerprint density at radius 1 is 1.67 bits per heavy atom. The molecule has 0 bridgehead atoms. The molecule has 1 aliphatic heterocycles. The topological polar surface area (TPSA) is 58.6 Å². The average Bonchev–Trinajstić information content (AvgIpc) is 2.05. The zero-order valence-electron chi connectivity index (χ0n) is 7.08. The Hall–Kier alpha value is -0.610. The fourth-order valence-electron chi connectivity index (χ4n) is 1.38. The number of hydrogen-bond donors (Lipinski definition) is 2. The zero-order valence-corrected chi connectivity index (χ0v) is 7.08. The van der Waals surface area contributed by atoms with Crippen LogP contribution < -0.4 is 5.32 Å². The molecule has 1 unspecified atom stereocenters. The summed E-state index contributed by atoms with van der Waals surface area (Å²) < 4.78 is 5.00. The Kier molecular flexibility index (Phi) is 4.04. The van der Waals surface area contributed by atoms with Gasteiger partial charge in [-0.05, 0) is 25.3 Å². The first-order valence-electron chi connectivity index (χ1n) is 4.29. The minimum atomic E-state index is -0.890. The molecule has 0 aromatic rings. The molecule has 2 N–H and O–H groups in total. The smallest absolute Gasteiger partial charge is 0.329 e. The van der Waals surface area contributed by atoms with Gasteiger partial charge in [0.05, 0.1) is 6.61 Å². The van der Waals surface area contributed by atoms with Gasteiger partial charge in [-0.1, -0.05) is 0 Å². The van der Waals surface area contributed by atoms with Crippen LogP contribution in [0.1, 0.15) is 12.8 Å². The van der Waals surface area contributed by atoms with Gasteiger partial charge in [-0.15, -0.1) is 0 Å². The van der Waals surface area contributed by atoms with Crippen LogP contribution in [0.15, 0.2) is 0 Å². The highest BCUT2D eigenvalue weighted by Crippen LogP contribution is 2.09. The van der Waals surface area contributed by atoms with Crippen molar-refractivity contribution in [2.45, 2.75) is 12.8 Å². The lowest BCUT2D eigenvalue weighted by Gasteiger charge is -2.21. The summed E-state index contributed by atoms with van der Waals surface area (Å²) in [5, 5.41) is 11.5. The molecule has 4 nitrogen and oxygen atoms in total. The molecule has 0 amide bonds. The molecule has 0 radical (unpaired) electrons. The molecule has 1 aliphatic rings. The average molecular weight is 173 g/mol. The van der Waals surface area contributed by atoms with E-state index in [1.54, 1.807) is 0 Å². The number of piperidine rings is 1. The molecular formula is C8H15NO3. The van der Waals surface area contributed by atoms with Crippen molar-refractivity contribution in [1.29, 1.82) is 0 Å². The van der Waals surface area contributed by atoms with Gasteiger partial charge in [0.1, 0.15) is 6.61 Å². The second-order valence-electron chi connectivity index (χ2n) is 3.12. The van der Waals surface area contributed by atoms with E-state index in [0.717, 1.165) is 19.5 Å². The summed E-state index contributed by atoms with van der Waals surface area (Å²) in [7, 11) is 0. The van der Waals surface area contributed by atoms with Crippen molar-refractivity contribution in [3.05, 3.63) is 0 Å². The van der Waals surface area contributed by atoms with E-state index in [4.69, 9.17) is 9.84 Å². The van der Waals surface area contributed by atoms with E-state index in [1.807, 2.05) is 0 Å². The summed E-state index contributed by atoms with van der Waals surface area (Å²) in [6, 6.07) is 0. The predicted octanol–water partition coefficient (Wildman–Crippen LogP) is 0.0872. The number of carboxylic acid groups (broad SMARTS) is 1. The van der Waals surface area contributed by atoms with Crippen molar-refractivity contribution in [2.24, 2.45) is 5.92 Å². The van der Waals surface area contributed by atoms with Crippen molar-refractivity contribution in [3.63, 3.8) is 0 Å². The van der Waals surface area contributed by atoms with Crippen molar-refractivity contribution in [2.75, 3.05) is 26.3 Å². The molecule has 12 heavy (non-hydrogen) atoms. The fraction of sp³-hybridized carbons (Fsp3) is 0.875. The first-order chi connectivity index (χ1) is 5.79. The second kappa shape index (κ2) is 5.11. The maximum absolute atomic E-state index is 10.1. The number of carbonyl (C=O) groups is 1. The monoisotopic (exact) mass is 173 g/mol. The number of hydrogen-bond acceptors (Lipinski definition) is 3. The zero-order chi connectivity index (χ0) is 8.81. The van der Waals surface area contributed by atoms with Crippen LogP contribution in [-0.2, 0) is 9.53 Å². The van der Waals surface area contributed by atoms with Gasteiger partial charge in [-0.25, -0.2) is 4.79 Å². The molecule has 0 aromatic carbocycles. The standard InChI is InChI=1S/C8H15NO3/c10-8(11)6-12-5-7-2-1-3-9-4-7/h7,9H,1-6H2,(H,10,11). The van der Waals surface area contributed by atoms with Gasteiger partial charge in [0.2, 0.25) is 0 Å². The largest absolute Gasteiger partial charge is 0.480 e. The predicted molar refractivity (Wildman–Crippen MR) is 44.0 cm³/mol. The first kappa shape index (κ1) is 9.48. The Bertz CT molecular complexity index is 143. The molecular weight excluding hydrogens is 158 g/mol. The normalized spacial score (nSPS) is 23.8. The lowest BCUT2D eigenvalue weighted by molar-refractivity contribution is -0.142.